The summed E-state index contributed by atoms with van der Waals surface area (Å²) in [6, 6.07) is 13.0. The third-order valence-corrected chi connectivity index (χ3v) is 5.92. The number of nitrogens with zero attached hydrogens (tertiary/aromatic N) is 3. The molecule has 1 aliphatic heterocycles. The predicted molar refractivity (Wildman–Crippen MR) is 109 cm³/mol. The van der Waals surface area contributed by atoms with E-state index < -0.39 is 17.5 Å². The summed E-state index contributed by atoms with van der Waals surface area (Å²) in [6.45, 7) is -0.300. The Bertz CT molecular complexity index is 921. The van der Waals surface area contributed by atoms with Crippen molar-refractivity contribution in [1.82, 2.24) is 14.8 Å². The van der Waals surface area contributed by atoms with E-state index in [-0.39, 0.29) is 12.5 Å². The fraction of sp³-hybridized carbons (Fsp3) is 0.364. The second-order valence-corrected chi connectivity index (χ2v) is 7.67. The first kappa shape index (κ1) is 19.1. The number of nitrogens with one attached hydrogen (secondary N) is 1. The lowest BCUT2D eigenvalue weighted by molar-refractivity contribution is -0.136. The maximum absolute atomic E-state index is 13.0. The van der Waals surface area contributed by atoms with Crippen molar-refractivity contribution in [3.8, 4) is 11.1 Å². The van der Waals surface area contributed by atoms with Gasteiger partial charge < -0.3 is 10.2 Å². The highest BCUT2D eigenvalue weighted by atomic mass is 16.2. The quantitative estimate of drug-likeness (QED) is 0.810. The molecule has 0 bridgehead atoms. The first-order valence-corrected chi connectivity index (χ1v) is 9.92. The van der Waals surface area contributed by atoms with Crippen molar-refractivity contribution in [2.45, 2.75) is 37.6 Å². The number of benzene rings is 1. The zero-order valence-electron chi connectivity index (χ0n) is 16.4. The van der Waals surface area contributed by atoms with Gasteiger partial charge in [-0.2, -0.15) is 0 Å². The van der Waals surface area contributed by atoms with Gasteiger partial charge in [-0.05, 0) is 30.5 Å². The van der Waals surface area contributed by atoms with Crippen molar-refractivity contribution in [2.75, 3.05) is 18.9 Å². The van der Waals surface area contributed by atoms with E-state index in [1.807, 2.05) is 36.4 Å². The van der Waals surface area contributed by atoms with E-state index in [2.05, 4.69) is 10.3 Å². The second-order valence-electron chi connectivity index (χ2n) is 7.67. The summed E-state index contributed by atoms with van der Waals surface area (Å²) in [5, 5.41) is 2.68. The van der Waals surface area contributed by atoms with Crippen LogP contribution in [0.2, 0.25) is 0 Å². The maximum Gasteiger partial charge on any atom is 0.327 e. The molecule has 1 aliphatic carbocycles. The van der Waals surface area contributed by atoms with E-state index >= 15 is 0 Å². The van der Waals surface area contributed by atoms with Gasteiger partial charge in [-0.15, -0.1) is 0 Å². The average molecular weight is 392 g/mol. The molecule has 1 aromatic heterocycles. The van der Waals surface area contributed by atoms with Crippen LogP contribution in [0.15, 0.2) is 48.7 Å². The highest BCUT2D eigenvalue weighted by molar-refractivity contribution is 6.10. The Balaban J connectivity index is 1.42. The molecule has 7 heteroatoms. The Morgan fingerprint density at radius 1 is 1.03 bits per heavy atom. The van der Waals surface area contributed by atoms with Gasteiger partial charge in [-0.1, -0.05) is 49.6 Å². The molecular weight excluding hydrogens is 368 g/mol. The fourth-order valence-electron chi connectivity index (χ4n) is 4.27. The van der Waals surface area contributed by atoms with Crippen LogP contribution < -0.4 is 5.32 Å². The molecule has 2 fully saturated rings. The molecule has 1 N–H and O–H groups in total. The van der Waals surface area contributed by atoms with Crippen LogP contribution in [0.3, 0.4) is 0 Å². The average Bonchev–Trinajstić information content (AvgIpc) is 2.92. The summed E-state index contributed by atoms with van der Waals surface area (Å²) in [5.41, 5.74) is 1.20. The van der Waals surface area contributed by atoms with E-state index in [4.69, 9.17) is 0 Å². The van der Waals surface area contributed by atoms with E-state index in [9.17, 15) is 14.4 Å². The third kappa shape index (κ3) is 3.48. The maximum atomic E-state index is 13.0. The number of aromatic nitrogens is 1. The van der Waals surface area contributed by atoms with Crippen LogP contribution in [0.25, 0.3) is 11.1 Å². The lowest BCUT2D eigenvalue weighted by Gasteiger charge is -2.35. The Labute approximate surface area is 169 Å². The van der Waals surface area contributed by atoms with Gasteiger partial charge in [0.1, 0.15) is 17.9 Å². The van der Waals surface area contributed by atoms with Crippen molar-refractivity contribution in [1.29, 1.82) is 0 Å². The number of hydrogen-bond donors (Lipinski definition) is 1. The molecule has 0 radical (unpaired) electrons. The number of carbonyl (C=O) groups excluding carboxylic acids is 3. The number of imide groups is 1. The van der Waals surface area contributed by atoms with Crippen LogP contribution >= 0.6 is 0 Å². The van der Waals surface area contributed by atoms with Gasteiger partial charge in [0.2, 0.25) is 5.91 Å². The molecule has 0 unspecified atom stereocenters. The molecule has 4 amide bonds. The van der Waals surface area contributed by atoms with Crippen LogP contribution in [0.1, 0.15) is 32.1 Å². The minimum Gasteiger partial charge on any atom is -0.313 e. The minimum absolute atomic E-state index is 0.257. The van der Waals surface area contributed by atoms with E-state index in [0.717, 1.165) is 35.3 Å². The molecular formula is C22H24N4O3. The molecule has 150 valence electrons. The first-order chi connectivity index (χ1) is 14.0. The lowest BCUT2D eigenvalue weighted by Crippen LogP contribution is -2.49. The summed E-state index contributed by atoms with van der Waals surface area (Å²) in [4.78, 5) is 44.9. The molecule has 1 saturated heterocycles. The van der Waals surface area contributed by atoms with Crippen LogP contribution in [0.5, 0.6) is 0 Å². The van der Waals surface area contributed by atoms with Gasteiger partial charge in [-0.3, -0.25) is 14.5 Å². The second kappa shape index (κ2) is 7.66. The number of likely N-dealkylation sites (N-methyl/N-ethyl adjacent to an activating group) is 1. The van der Waals surface area contributed by atoms with Crippen molar-refractivity contribution in [3.63, 3.8) is 0 Å². The highest BCUT2D eigenvalue weighted by Gasteiger charge is 2.55. The normalized spacial score (nSPS) is 18.4. The van der Waals surface area contributed by atoms with Gasteiger partial charge >= 0.3 is 6.03 Å². The number of anilines is 1. The van der Waals surface area contributed by atoms with Crippen molar-refractivity contribution < 1.29 is 14.4 Å². The molecule has 29 heavy (non-hydrogen) atoms. The van der Waals surface area contributed by atoms with E-state index in [1.165, 1.54) is 4.90 Å². The van der Waals surface area contributed by atoms with Crippen LogP contribution in [0, 0.1) is 0 Å². The van der Waals surface area contributed by atoms with Gasteiger partial charge in [0.15, 0.2) is 0 Å². The van der Waals surface area contributed by atoms with Crippen molar-refractivity contribution in [3.05, 3.63) is 48.7 Å². The van der Waals surface area contributed by atoms with Gasteiger partial charge in [0.25, 0.3) is 5.91 Å². The molecule has 0 atom stereocenters. The third-order valence-electron chi connectivity index (χ3n) is 5.92. The summed E-state index contributed by atoms with van der Waals surface area (Å²) in [6.07, 6.45) is 5.91. The summed E-state index contributed by atoms with van der Waals surface area (Å²) in [5.74, 6) is -0.310. The monoisotopic (exact) mass is 392 g/mol. The van der Waals surface area contributed by atoms with Crippen LogP contribution in [-0.4, -0.2) is 51.8 Å². The molecule has 2 aliphatic rings. The molecule has 1 aromatic carbocycles. The van der Waals surface area contributed by atoms with Gasteiger partial charge in [-0.25, -0.2) is 9.78 Å². The van der Waals surface area contributed by atoms with Gasteiger partial charge in [0, 0.05) is 18.8 Å². The Kier molecular flexibility index (Phi) is 5.05. The predicted octanol–water partition coefficient (Wildman–Crippen LogP) is 3.28. The molecule has 2 heterocycles. The summed E-state index contributed by atoms with van der Waals surface area (Å²) >= 11 is 0. The number of carbonyl (C=O) groups is 3. The molecule has 4 rings (SSSR count). The molecule has 2 aromatic rings. The topological polar surface area (TPSA) is 82.6 Å². The lowest BCUT2D eigenvalue weighted by atomic mass is 9.81. The zero-order chi connectivity index (χ0) is 20.4. The fourth-order valence-corrected chi connectivity index (χ4v) is 4.27. The highest BCUT2D eigenvalue weighted by Crippen LogP contribution is 2.39. The van der Waals surface area contributed by atoms with Crippen LogP contribution in [0.4, 0.5) is 10.6 Å². The van der Waals surface area contributed by atoms with Crippen LogP contribution in [-0.2, 0) is 9.59 Å². The number of rotatable bonds is 4. The molecule has 1 spiro atoms. The number of hydrogen-bond acceptors (Lipinski definition) is 4. The Morgan fingerprint density at radius 2 is 1.76 bits per heavy atom. The summed E-state index contributed by atoms with van der Waals surface area (Å²) in [7, 11) is 1.66. The van der Waals surface area contributed by atoms with E-state index in [1.54, 1.807) is 19.3 Å². The molecule has 7 nitrogen and oxygen atoms in total. The zero-order valence-corrected chi connectivity index (χ0v) is 16.4. The SMILES string of the molecule is CN1C(=O)N(CC(=O)Nc2ccc(-c3ccccc3)cn2)C(=O)C12CCCCC2. The summed E-state index contributed by atoms with van der Waals surface area (Å²) < 4.78 is 0. The van der Waals surface area contributed by atoms with E-state index in [0.29, 0.717) is 18.7 Å². The van der Waals surface area contributed by atoms with Crippen molar-refractivity contribution >= 4 is 23.7 Å². The number of amides is 4. The standard InChI is InChI=1S/C22H24N4O3/c1-25-21(29)26(20(28)22(25)12-6-3-7-13-22)15-19(27)24-18-11-10-17(14-23-18)16-8-4-2-5-9-16/h2,4-5,8-11,14H,3,6-7,12-13,15H2,1H3,(H,23,24,27). The molecule has 1 saturated carbocycles. The largest absolute Gasteiger partial charge is 0.327 e. The first-order valence-electron chi connectivity index (χ1n) is 9.92. The van der Waals surface area contributed by atoms with Gasteiger partial charge in [0.05, 0.1) is 0 Å². The Morgan fingerprint density at radius 3 is 2.41 bits per heavy atom. The number of pyridine rings is 1. The number of urea groups is 1. The minimum atomic E-state index is -0.773. The smallest absolute Gasteiger partial charge is 0.313 e. The van der Waals surface area contributed by atoms with Crippen molar-refractivity contribution in [2.24, 2.45) is 0 Å². The Hall–Kier alpha value is -3.22.